The molecular formula is C21H34N4O5. The van der Waals surface area contributed by atoms with Crippen molar-refractivity contribution in [3.8, 4) is 0 Å². The maximum absolute atomic E-state index is 12.8. The number of alkyl carbamates (subject to hydrolysis) is 1. The Balaban J connectivity index is 2.83. The van der Waals surface area contributed by atoms with Gasteiger partial charge < -0.3 is 20.1 Å². The van der Waals surface area contributed by atoms with E-state index in [0.29, 0.717) is 6.42 Å². The average Bonchev–Trinajstić information content (AvgIpc) is 2.65. The maximum Gasteiger partial charge on any atom is 0.408 e. The second-order valence-electron chi connectivity index (χ2n) is 8.40. The first-order chi connectivity index (χ1) is 14.0. The van der Waals surface area contributed by atoms with Gasteiger partial charge in [-0.3, -0.25) is 15.0 Å². The summed E-state index contributed by atoms with van der Waals surface area (Å²) >= 11 is 0. The number of hydrazine groups is 1. The fourth-order valence-corrected chi connectivity index (χ4v) is 2.58. The first-order valence-corrected chi connectivity index (χ1v) is 9.94. The van der Waals surface area contributed by atoms with E-state index < -0.39 is 35.6 Å². The Labute approximate surface area is 178 Å². The normalized spacial score (nSPS) is 13.3. The van der Waals surface area contributed by atoms with Gasteiger partial charge >= 0.3 is 6.09 Å². The van der Waals surface area contributed by atoms with Crippen molar-refractivity contribution < 1.29 is 23.9 Å². The van der Waals surface area contributed by atoms with Crippen LogP contribution in [0.25, 0.3) is 0 Å². The van der Waals surface area contributed by atoms with Crippen LogP contribution in [0.15, 0.2) is 30.3 Å². The summed E-state index contributed by atoms with van der Waals surface area (Å²) in [6.45, 7) is 9.16. The molecule has 1 rings (SSSR count). The van der Waals surface area contributed by atoms with Gasteiger partial charge in [0.25, 0.3) is 5.91 Å². The van der Waals surface area contributed by atoms with Gasteiger partial charge in [-0.15, -0.1) is 0 Å². The minimum atomic E-state index is -1.05. The molecule has 0 saturated heterocycles. The fraction of sp³-hybridized carbons (Fsp3) is 0.571. The fourth-order valence-electron chi connectivity index (χ4n) is 2.58. The van der Waals surface area contributed by atoms with Crippen LogP contribution in [0.4, 0.5) is 4.79 Å². The number of hydrogen-bond donors (Lipinski definition) is 4. The van der Waals surface area contributed by atoms with E-state index in [9.17, 15) is 14.4 Å². The molecule has 0 heterocycles. The molecular weight excluding hydrogens is 388 g/mol. The third-order valence-electron chi connectivity index (χ3n) is 3.89. The number of nitrogens with two attached hydrogens (primary N) is 1. The highest BCUT2D eigenvalue weighted by molar-refractivity contribution is 5.91. The highest BCUT2D eigenvalue weighted by Crippen LogP contribution is 2.09. The standard InChI is InChI=1S/C21H34N4O5/c1-14(2)11-16(19(27)25-22)23-18(26)17(24-20(28)30-21(3,4)5)13-29-12-15-9-7-6-8-10-15/h6-10,14,16-17H,11-13,22H2,1-5H3,(H,23,26)(H,24,28)(H,25,27)/t16-,17-/m1/s1. The summed E-state index contributed by atoms with van der Waals surface area (Å²) in [6, 6.07) is 7.54. The van der Waals surface area contributed by atoms with Gasteiger partial charge in [0, 0.05) is 0 Å². The van der Waals surface area contributed by atoms with Gasteiger partial charge in [-0.25, -0.2) is 10.6 Å². The Morgan fingerprint density at radius 1 is 1.00 bits per heavy atom. The first-order valence-electron chi connectivity index (χ1n) is 9.94. The van der Waals surface area contributed by atoms with Crippen molar-refractivity contribution in [3.05, 3.63) is 35.9 Å². The van der Waals surface area contributed by atoms with Gasteiger partial charge in [-0.05, 0) is 38.7 Å². The Morgan fingerprint density at radius 2 is 1.63 bits per heavy atom. The van der Waals surface area contributed by atoms with Gasteiger partial charge in [0.15, 0.2) is 0 Å². The number of rotatable bonds is 10. The largest absolute Gasteiger partial charge is 0.444 e. The van der Waals surface area contributed by atoms with Gasteiger partial charge in [-0.1, -0.05) is 44.2 Å². The molecule has 0 aromatic heterocycles. The number of carbonyl (C=O) groups is 3. The van der Waals surface area contributed by atoms with Crippen molar-refractivity contribution in [2.24, 2.45) is 11.8 Å². The van der Waals surface area contributed by atoms with Crippen molar-refractivity contribution in [1.82, 2.24) is 16.1 Å². The lowest BCUT2D eigenvalue weighted by molar-refractivity contribution is -0.131. The molecule has 0 radical (unpaired) electrons. The van der Waals surface area contributed by atoms with Crippen molar-refractivity contribution in [1.29, 1.82) is 0 Å². The zero-order valence-corrected chi connectivity index (χ0v) is 18.4. The predicted molar refractivity (Wildman–Crippen MR) is 113 cm³/mol. The first kappa shape index (κ1) is 25.4. The van der Waals surface area contributed by atoms with Crippen LogP contribution in [-0.4, -0.2) is 42.2 Å². The Hall–Kier alpha value is -2.65. The van der Waals surface area contributed by atoms with E-state index in [1.165, 1.54) is 0 Å². The van der Waals surface area contributed by atoms with Gasteiger partial charge in [0.2, 0.25) is 5.91 Å². The van der Waals surface area contributed by atoms with Crippen molar-refractivity contribution in [2.75, 3.05) is 6.61 Å². The predicted octanol–water partition coefficient (Wildman–Crippen LogP) is 1.62. The Bertz CT molecular complexity index is 688. The van der Waals surface area contributed by atoms with Gasteiger partial charge in [0.1, 0.15) is 17.7 Å². The van der Waals surface area contributed by atoms with E-state index >= 15 is 0 Å². The lowest BCUT2D eigenvalue weighted by atomic mass is 10.0. The van der Waals surface area contributed by atoms with Crippen LogP contribution in [-0.2, 0) is 25.7 Å². The molecule has 30 heavy (non-hydrogen) atoms. The summed E-state index contributed by atoms with van der Waals surface area (Å²) in [4.78, 5) is 37.0. The lowest BCUT2D eigenvalue weighted by Gasteiger charge is -2.25. The molecule has 1 aromatic rings. The average molecular weight is 423 g/mol. The molecule has 0 saturated carbocycles. The number of ether oxygens (including phenoxy) is 2. The van der Waals surface area contributed by atoms with E-state index in [1.807, 2.05) is 44.2 Å². The summed E-state index contributed by atoms with van der Waals surface area (Å²) in [7, 11) is 0. The van der Waals surface area contributed by atoms with E-state index in [2.05, 4.69) is 16.1 Å². The summed E-state index contributed by atoms with van der Waals surface area (Å²) in [5.41, 5.74) is 2.25. The molecule has 9 heteroatoms. The van der Waals surface area contributed by atoms with Crippen LogP contribution in [0.1, 0.15) is 46.6 Å². The van der Waals surface area contributed by atoms with Gasteiger partial charge in [0.05, 0.1) is 13.2 Å². The Kier molecular flexibility index (Phi) is 10.3. The van der Waals surface area contributed by atoms with Crippen LogP contribution in [0.3, 0.4) is 0 Å². The second kappa shape index (κ2) is 12.1. The molecule has 3 amide bonds. The third-order valence-corrected chi connectivity index (χ3v) is 3.89. The van der Waals surface area contributed by atoms with Crippen LogP contribution >= 0.6 is 0 Å². The number of hydrogen-bond acceptors (Lipinski definition) is 6. The molecule has 5 N–H and O–H groups in total. The zero-order chi connectivity index (χ0) is 22.7. The molecule has 0 spiro atoms. The van der Waals surface area contributed by atoms with Crippen molar-refractivity contribution in [2.45, 2.75) is 65.3 Å². The molecule has 9 nitrogen and oxygen atoms in total. The molecule has 2 atom stereocenters. The highest BCUT2D eigenvalue weighted by Gasteiger charge is 2.28. The smallest absolute Gasteiger partial charge is 0.408 e. The number of amides is 3. The van der Waals surface area contributed by atoms with Gasteiger partial charge in [-0.2, -0.15) is 0 Å². The monoisotopic (exact) mass is 422 g/mol. The van der Waals surface area contributed by atoms with E-state index in [1.54, 1.807) is 20.8 Å². The molecule has 1 aromatic carbocycles. The van der Waals surface area contributed by atoms with Crippen molar-refractivity contribution >= 4 is 17.9 Å². The summed E-state index contributed by atoms with van der Waals surface area (Å²) in [5, 5.41) is 5.15. The lowest BCUT2D eigenvalue weighted by Crippen LogP contribution is -2.56. The second-order valence-corrected chi connectivity index (χ2v) is 8.40. The third kappa shape index (κ3) is 10.2. The number of carbonyl (C=O) groups excluding carboxylic acids is 3. The van der Waals surface area contributed by atoms with E-state index in [4.69, 9.17) is 15.3 Å². The topological polar surface area (TPSA) is 132 Å². The molecule has 0 aliphatic rings. The van der Waals surface area contributed by atoms with Crippen LogP contribution in [0.5, 0.6) is 0 Å². The van der Waals surface area contributed by atoms with Crippen LogP contribution in [0, 0.1) is 5.92 Å². The highest BCUT2D eigenvalue weighted by atomic mass is 16.6. The quantitative estimate of drug-likeness (QED) is 0.257. The van der Waals surface area contributed by atoms with E-state index in [0.717, 1.165) is 5.56 Å². The maximum atomic E-state index is 12.8. The number of benzene rings is 1. The minimum absolute atomic E-state index is 0.0986. The molecule has 168 valence electrons. The Morgan fingerprint density at radius 3 is 2.17 bits per heavy atom. The summed E-state index contributed by atoms with van der Waals surface area (Å²) < 4.78 is 10.9. The minimum Gasteiger partial charge on any atom is -0.444 e. The molecule has 0 aliphatic heterocycles. The number of nitrogens with one attached hydrogen (secondary N) is 3. The van der Waals surface area contributed by atoms with Crippen LogP contribution in [0.2, 0.25) is 0 Å². The summed E-state index contributed by atoms with van der Waals surface area (Å²) in [5.74, 6) is 4.29. The zero-order valence-electron chi connectivity index (χ0n) is 18.4. The van der Waals surface area contributed by atoms with E-state index in [-0.39, 0.29) is 19.1 Å². The molecule has 0 bridgehead atoms. The van der Waals surface area contributed by atoms with Crippen LogP contribution < -0.4 is 21.9 Å². The summed E-state index contributed by atoms with van der Waals surface area (Å²) in [6.07, 6.45) is -0.367. The molecule has 0 fully saturated rings. The SMILES string of the molecule is CC(C)C[C@@H](NC(=O)[C@@H](COCc1ccccc1)NC(=O)OC(C)(C)C)C(=O)NN. The molecule has 0 aliphatic carbocycles. The molecule has 0 unspecified atom stereocenters. The van der Waals surface area contributed by atoms with Crippen molar-refractivity contribution in [3.63, 3.8) is 0 Å².